The van der Waals surface area contributed by atoms with Gasteiger partial charge in [-0.1, -0.05) is 0 Å². The fraction of sp³-hybridized carbons (Fsp3) is 0.462. The highest BCUT2D eigenvalue weighted by atomic mass is 16.5. The molecule has 2 rings (SSSR count). The average Bonchev–Trinajstić information content (AvgIpc) is 2.43. The largest absolute Gasteiger partial charge is 0.462 e. The van der Waals surface area contributed by atoms with E-state index < -0.39 is 5.97 Å². The molecule has 7 nitrogen and oxygen atoms in total. The van der Waals surface area contributed by atoms with Crippen LogP contribution in [0.4, 0.5) is 11.5 Å². The fourth-order valence-corrected chi connectivity index (χ4v) is 2.00. The van der Waals surface area contributed by atoms with Crippen LogP contribution in [0, 0.1) is 0 Å². The van der Waals surface area contributed by atoms with Crippen LogP contribution in [-0.2, 0) is 9.53 Å². The van der Waals surface area contributed by atoms with Crippen molar-refractivity contribution >= 4 is 23.4 Å². The highest BCUT2D eigenvalue weighted by Gasteiger charge is 2.19. The van der Waals surface area contributed by atoms with Gasteiger partial charge in [-0.25, -0.2) is 9.78 Å². The van der Waals surface area contributed by atoms with E-state index in [-0.39, 0.29) is 24.2 Å². The molecule has 108 valence electrons. The molecule has 2 heterocycles. The van der Waals surface area contributed by atoms with Crippen molar-refractivity contribution < 1.29 is 14.3 Å². The number of carbonyl (C=O) groups excluding carboxylic acids is 2. The van der Waals surface area contributed by atoms with Gasteiger partial charge in [-0.2, -0.15) is 0 Å². The summed E-state index contributed by atoms with van der Waals surface area (Å²) in [6.07, 6.45) is 2.64. The number of hydrogen-bond acceptors (Lipinski definition) is 6. The molecule has 0 saturated carbocycles. The van der Waals surface area contributed by atoms with Gasteiger partial charge in [-0.3, -0.25) is 4.79 Å². The Bertz CT molecular complexity index is 508. The first-order valence-electron chi connectivity index (χ1n) is 6.56. The standard InChI is InChI=1S/C13H18N4O3/c1-2-20-13(19)9-5-11(15-7-10(9)14)17-8-3-4-12(18)16-6-8/h5,7-8H,2-4,6,14H2,1H3,(H,15,17)(H,16,18). The van der Waals surface area contributed by atoms with Crippen molar-refractivity contribution in [3.8, 4) is 0 Å². The Morgan fingerprint density at radius 3 is 3.10 bits per heavy atom. The third-order valence-electron chi connectivity index (χ3n) is 3.05. The van der Waals surface area contributed by atoms with Gasteiger partial charge in [0.25, 0.3) is 0 Å². The number of anilines is 2. The van der Waals surface area contributed by atoms with Crippen LogP contribution in [0.5, 0.6) is 0 Å². The SMILES string of the molecule is CCOC(=O)c1cc(NC2CCC(=O)NC2)ncc1N. The molecule has 1 saturated heterocycles. The quantitative estimate of drug-likeness (QED) is 0.694. The van der Waals surface area contributed by atoms with E-state index in [9.17, 15) is 9.59 Å². The molecule has 1 aromatic heterocycles. The van der Waals surface area contributed by atoms with Crippen LogP contribution in [0.3, 0.4) is 0 Å². The van der Waals surface area contributed by atoms with E-state index in [0.717, 1.165) is 6.42 Å². The second-order valence-electron chi connectivity index (χ2n) is 4.56. The topological polar surface area (TPSA) is 106 Å². The molecule has 0 bridgehead atoms. The monoisotopic (exact) mass is 278 g/mol. The third kappa shape index (κ3) is 3.37. The van der Waals surface area contributed by atoms with E-state index in [2.05, 4.69) is 15.6 Å². The van der Waals surface area contributed by atoms with E-state index in [1.54, 1.807) is 13.0 Å². The van der Waals surface area contributed by atoms with Crippen LogP contribution >= 0.6 is 0 Å². The van der Waals surface area contributed by atoms with Crippen molar-refractivity contribution in [2.45, 2.75) is 25.8 Å². The first kappa shape index (κ1) is 14.1. The van der Waals surface area contributed by atoms with E-state index in [1.807, 2.05) is 0 Å². The first-order chi connectivity index (χ1) is 9.60. The molecule has 1 aliphatic heterocycles. The second-order valence-corrected chi connectivity index (χ2v) is 4.56. The minimum Gasteiger partial charge on any atom is -0.462 e. The molecule has 1 aliphatic rings. The number of carbonyl (C=O) groups is 2. The number of nitrogen functional groups attached to an aromatic ring is 1. The summed E-state index contributed by atoms with van der Waals surface area (Å²) in [5.41, 5.74) is 6.30. The fourth-order valence-electron chi connectivity index (χ4n) is 2.00. The number of aromatic nitrogens is 1. The number of ether oxygens (including phenoxy) is 1. The minimum absolute atomic E-state index is 0.0560. The maximum atomic E-state index is 11.7. The van der Waals surface area contributed by atoms with Crippen LogP contribution in [0.2, 0.25) is 0 Å². The number of piperidine rings is 1. The molecule has 0 spiro atoms. The van der Waals surface area contributed by atoms with E-state index in [1.165, 1.54) is 6.20 Å². The molecule has 4 N–H and O–H groups in total. The van der Waals surface area contributed by atoms with Gasteiger partial charge in [0.15, 0.2) is 0 Å². The van der Waals surface area contributed by atoms with Gasteiger partial charge in [0.05, 0.1) is 24.1 Å². The summed E-state index contributed by atoms with van der Waals surface area (Å²) in [5.74, 6) is 0.135. The van der Waals surface area contributed by atoms with Crippen LogP contribution in [0.25, 0.3) is 0 Å². The highest BCUT2D eigenvalue weighted by molar-refractivity contribution is 5.95. The normalized spacial score (nSPS) is 18.2. The zero-order valence-corrected chi connectivity index (χ0v) is 11.3. The van der Waals surface area contributed by atoms with Gasteiger partial charge >= 0.3 is 5.97 Å². The van der Waals surface area contributed by atoms with Crippen LogP contribution in [0.1, 0.15) is 30.1 Å². The predicted octanol–water partition coefficient (Wildman–Crippen LogP) is 0.531. The molecule has 0 aromatic carbocycles. The molecule has 0 aliphatic carbocycles. The number of amides is 1. The Morgan fingerprint density at radius 2 is 2.45 bits per heavy atom. The molecular formula is C13H18N4O3. The smallest absolute Gasteiger partial charge is 0.340 e. The van der Waals surface area contributed by atoms with Crippen molar-refractivity contribution in [2.24, 2.45) is 0 Å². The van der Waals surface area contributed by atoms with Crippen LogP contribution < -0.4 is 16.4 Å². The molecule has 1 amide bonds. The molecular weight excluding hydrogens is 260 g/mol. The summed E-state index contributed by atoms with van der Waals surface area (Å²) in [5, 5.41) is 5.95. The highest BCUT2D eigenvalue weighted by Crippen LogP contribution is 2.18. The summed E-state index contributed by atoms with van der Waals surface area (Å²) in [6.45, 7) is 2.57. The van der Waals surface area contributed by atoms with E-state index in [4.69, 9.17) is 10.5 Å². The maximum absolute atomic E-state index is 11.7. The van der Waals surface area contributed by atoms with Gasteiger partial charge in [-0.15, -0.1) is 0 Å². The molecule has 20 heavy (non-hydrogen) atoms. The molecule has 7 heteroatoms. The van der Waals surface area contributed by atoms with Gasteiger partial charge in [-0.05, 0) is 19.4 Å². The van der Waals surface area contributed by atoms with Crippen molar-refractivity contribution in [3.05, 3.63) is 17.8 Å². The maximum Gasteiger partial charge on any atom is 0.340 e. The summed E-state index contributed by atoms with van der Waals surface area (Å²) in [4.78, 5) is 27.0. The van der Waals surface area contributed by atoms with Gasteiger partial charge in [0.1, 0.15) is 5.82 Å². The Morgan fingerprint density at radius 1 is 1.65 bits per heavy atom. The zero-order chi connectivity index (χ0) is 14.5. The lowest BCUT2D eigenvalue weighted by molar-refractivity contribution is -0.122. The molecule has 1 unspecified atom stereocenters. The number of pyridine rings is 1. The molecule has 1 aromatic rings. The minimum atomic E-state index is -0.465. The predicted molar refractivity (Wildman–Crippen MR) is 74.3 cm³/mol. The summed E-state index contributed by atoms with van der Waals surface area (Å²) in [7, 11) is 0. The Balaban J connectivity index is 2.07. The molecule has 1 atom stereocenters. The number of esters is 1. The number of nitrogens with one attached hydrogen (secondary N) is 2. The molecule has 0 radical (unpaired) electrons. The lowest BCUT2D eigenvalue weighted by Gasteiger charge is -2.24. The number of nitrogens with zero attached hydrogens (tertiary/aromatic N) is 1. The van der Waals surface area contributed by atoms with Crippen molar-refractivity contribution in [1.82, 2.24) is 10.3 Å². The van der Waals surface area contributed by atoms with Crippen molar-refractivity contribution in [1.29, 1.82) is 0 Å². The van der Waals surface area contributed by atoms with Crippen LogP contribution in [0.15, 0.2) is 12.3 Å². The average molecular weight is 278 g/mol. The van der Waals surface area contributed by atoms with Gasteiger partial charge in [0.2, 0.25) is 5.91 Å². The number of rotatable bonds is 4. The van der Waals surface area contributed by atoms with Crippen molar-refractivity contribution in [2.75, 3.05) is 24.2 Å². The lowest BCUT2D eigenvalue weighted by atomic mass is 10.1. The molecule has 1 fully saturated rings. The first-order valence-corrected chi connectivity index (χ1v) is 6.56. The Hall–Kier alpha value is -2.31. The summed E-state index contributed by atoms with van der Waals surface area (Å²) in [6, 6.07) is 1.67. The zero-order valence-electron chi connectivity index (χ0n) is 11.3. The number of hydrogen-bond donors (Lipinski definition) is 3. The second kappa shape index (κ2) is 6.23. The van der Waals surface area contributed by atoms with Crippen LogP contribution in [-0.4, -0.2) is 36.1 Å². The Labute approximate surface area is 116 Å². The van der Waals surface area contributed by atoms with Gasteiger partial charge < -0.3 is 21.1 Å². The van der Waals surface area contributed by atoms with Gasteiger partial charge in [0, 0.05) is 19.0 Å². The summed E-state index contributed by atoms with van der Waals surface area (Å²) >= 11 is 0. The van der Waals surface area contributed by atoms with Crippen molar-refractivity contribution in [3.63, 3.8) is 0 Å². The lowest BCUT2D eigenvalue weighted by Crippen LogP contribution is -2.42. The summed E-state index contributed by atoms with van der Waals surface area (Å²) < 4.78 is 4.94. The van der Waals surface area contributed by atoms with E-state index in [0.29, 0.717) is 24.3 Å². The Kier molecular flexibility index (Phi) is 4.39. The third-order valence-corrected chi connectivity index (χ3v) is 3.05. The van der Waals surface area contributed by atoms with E-state index >= 15 is 0 Å². The number of nitrogens with two attached hydrogens (primary N) is 1.